The molecule has 1 heterocycles. The van der Waals surface area contributed by atoms with Gasteiger partial charge in [0.05, 0.1) is 5.57 Å². The second-order valence-electron chi connectivity index (χ2n) is 3.65. The van der Waals surface area contributed by atoms with Gasteiger partial charge in [-0.25, -0.2) is 4.79 Å². The highest BCUT2D eigenvalue weighted by Crippen LogP contribution is 2.36. The Labute approximate surface area is 71.3 Å². The van der Waals surface area contributed by atoms with Crippen LogP contribution in [0.4, 0.5) is 0 Å². The van der Waals surface area contributed by atoms with Crippen LogP contribution in [-0.4, -0.2) is 11.8 Å². The van der Waals surface area contributed by atoms with Gasteiger partial charge in [-0.15, -0.1) is 0 Å². The number of carbonyl (C=O) groups is 1. The average molecular weight is 168 g/mol. The lowest BCUT2D eigenvalue weighted by Gasteiger charge is -2.31. The normalized spacial score (nSPS) is 26.3. The molecule has 1 aliphatic carbocycles. The minimum Gasteiger partial charge on any atom is -0.457 e. The summed E-state index contributed by atoms with van der Waals surface area (Å²) in [7, 11) is 0. The molecule has 0 N–H and O–H groups in total. The third kappa shape index (κ3) is 1.09. The molecule has 2 rings (SSSR count). The summed E-state index contributed by atoms with van der Waals surface area (Å²) in [5, 5.41) is 0. The van der Waals surface area contributed by atoms with E-state index < -0.39 is 5.79 Å². The van der Waals surface area contributed by atoms with Gasteiger partial charge in [0.15, 0.2) is 0 Å². The Bertz CT molecular complexity index is 263. The van der Waals surface area contributed by atoms with Gasteiger partial charge in [0.2, 0.25) is 5.79 Å². The molecule has 0 bridgehead atoms. The van der Waals surface area contributed by atoms with Gasteiger partial charge in [0.25, 0.3) is 0 Å². The molecule has 0 saturated heterocycles. The molecule has 0 aromatic carbocycles. The van der Waals surface area contributed by atoms with Gasteiger partial charge in [-0.3, -0.25) is 0 Å². The predicted octanol–water partition coefficient (Wildman–Crippen LogP) is 1.73. The van der Waals surface area contributed by atoms with Crippen LogP contribution in [0.25, 0.3) is 0 Å². The third-order valence-corrected chi connectivity index (χ3v) is 2.12. The maximum Gasteiger partial charge on any atom is 0.340 e. The molecule has 1 aliphatic heterocycles. The van der Waals surface area contributed by atoms with Crippen molar-refractivity contribution < 1.29 is 14.3 Å². The summed E-state index contributed by atoms with van der Waals surface area (Å²) >= 11 is 0. The Balaban J connectivity index is 2.31. The van der Waals surface area contributed by atoms with Crippen LogP contribution in [0.1, 0.15) is 33.1 Å². The van der Waals surface area contributed by atoms with Crippen molar-refractivity contribution in [2.24, 2.45) is 0 Å². The first-order valence-corrected chi connectivity index (χ1v) is 4.23. The molecule has 0 amide bonds. The van der Waals surface area contributed by atoms with E-state index in [2.05, 4.69) is 0 Å². The summed E-state index contributed by atoms with van der Waals surface area (Å²) in [5.41, 5.74) is 0.745. The van der Waals surface area contributed by atoms with E-state index in [1.807, 2.05) is 0 Å². The zero-order valence-corrected chi connectivity index (χ0v) is 7.35. The second kappa shape index (κ2) is 2.25. The van der Waals surface area contributed by atoms with E-state index in [4.69, 9.17) is 9.47 Å². The number of esters is 1. The van der Waals surface area contributed by atoms with E-state index in [0.29, 0.717) is 0 Å². The number of hydrogen-bond acceptors (Lipinski definition) is 3. The maximum absolute atomic E-state index is 11.3. The van der Waals surface area contributed by atoms with Gasteiger partial charge in [-0.2, -0.15) is 0 Å². The molecule has 0 fully saturated rings. The standard InChI is InChI=1S/C9H12O3/c1-9(2)11-7-5-3-4-6(7)8(10)12-9/h3-5H2,1-2H3. The topological polar surface area (TPSA) is 35.5 Å². The molecule has 0 saturated carbocycles. The number of allylic oxidation sites excluding steroid dienone is 1. The van der Waals surface area contributed by atoms with Gasteiger partial charge >= 0.3 is 5.97 Å². The Morgan fingerprint density at radius 2 is 2.00 bits per heavy atom. The smallest absolute Gasteiger partial charge is 0.340 e. The fourth-order valence-electron chi connectivity index (χ4n) is 1.65. The van der Waals surface area contributed by atoms with Crippen molar-refractivity contribution in [3.05, 3.63) is 11.3 Å². The Kier molecular flexibility index (Phi) is 1.43. The molecular formula is C9H12O3. The molecule has 3 heteroatoms. The SMILES string of the molecule is CC1(C)OC(=O)C2=C(CCC2)O1. The molecular weight excluding hydrogens is 156 g/mol. The largest absolute Gasteiger partial charge is 0.457 e. The number of hydrogen-bond donors (Lipinski definition) is 0. The summed E-state index contributed by atoms with van der Waals surface area (Å²) in [6.45, 7) is 3.51. The molecule has 12 heavy (non-hydrogen) atoms. The molecule has 0 unspecified atom stereocenters. The van der Waals surface area contributed by atoms with Crippen LogP contribution in [0, 0.1) is 0 Å². The zero-order chi connectivity index (χ0) is 8.77. The van der Waals surface area contributed by atoms with E-state index in [0.717, 1.165) is 30.6 Å². The lowest BCUT2D eigenvalue weighted by Crippen LogP contribution is -2.35. The first kappa shape index (κ1) is 7.65. The average Bonchev–Trinajstić information content (AvgIpc) is 2.31. The van der Waals surface area contributed by atoms with Crippen molar-refractivity contribution >= 4 is 5.97 Å². The fourth-order valence-corrected chi connectivity index (χ4v) is 1.65. The van der Waals surface area contributed by atoms with Gasteiger partial charge in [0, 0.05) is 20.3 Å². The van der Waals surface area contributed by atoms with Crippen molar-refractivity contribution in [2.75, 3.05) is 0 Å². The highest BCUT2D eigenvalue weighted by molar-refractivity contribution is 5.90. The Morgan fingerprint density at radius 3 is 2.75 bits per heavy atom. The number of carbonyl (C=O) groups excluding carboxylic acids is 1. The van der Waals surface area contributed by atoms with E-state index >= 15 is 0 Å². The number of ether oxygens (including phenoxy) is 2. The lowest BCUT2D eigenvalue weighted by atomic mass is 10.2. The van der Waals surface area contributed by atoms with Crippen molar-refractivity contribution in [1.29, 1.82) is 0 Å². The highest BCUT2D eigenvalue weighted by atomic mass is 16.7. The summed E-state index contributed by atoms with van der Waals surface area (Å²) < 4.78 is 10.6. The lowest BCUT2D eigenvalue weighted by molar-refractivity contribution is -0.207. The molecule has 0 radical (unpaired) electrons. The predicted molar refractivity (Wildman–Crippen MR) is 42.1 cm³/mol. The minimum atomic E-state index is -0.764. The number of rotatable bonds is 0. The van der Waals surface area contributed by atoms with Gasteiger partial charge in [-0.05, 0) is 12.8 Å². The van der Waals surface area contributed by atoms with Gasteiger partial charge in [0.1, 0.15) is 5.76 Å². The summed E-state index contributed by atoms with van der Waals surface area (Å²) in [5.74, 6) is -0.115. The van der Waals surface area contributed by atoms with Crippen LogP contribution in [0.15, 0.2) is 11.3 Å². The number of cyclic esters (lactones) is 1. The first-order valence-electron chi connectivity index (χ1n) is 4.23. The zero-order valence-electron chi connectivity index (χ0n) is 7.35. The quantitative estimate of drug-likeness (QED) is 0.517. The van der Waals surface area contributed by atoms with Crippen LogP contribution in [0.3, 0.4) is 0 Å². The molecule has 3 nitrogen and oxygen atoms in total. The summed E-state index contributed by atoms with van der Waals surface area (Å²) in [6.07, 6.45) is 2.70. The van der Waals surface area contributed by atoms with Crippen LogP contribution in [0.5, 0.6) is 0 Å². The van der Waals surface area contributed by atoms with Crippen LogP contribution < -0.4 is 0 Å². The van der Waals surface area contributed by atoms with E-state index in [1.165, 1.54) is 0 Å². The van der Waals surface area contributed by atoms with Crippen LogP contribution in [-0.2, 0) is 14.3 Å². The minimum absolute atomic E-state index is 0.196. The van der Waals surface area contributed by atoms with Gasteiger partial charge in [-0.1, -0.05) is 0 Å². The molecule has 0 spiro atoms. The van der Waals surface area contributed by atoms with Crippen LogP contribution in [0.2, 0.25) is 0 Å². The van der Waals surface area contributed by atoms with Gasteiger partial charge < -0.3 is 9.47 Å². The van der Waals surface area contributed by atoms with Crippen molar-refractivity contribution in [3.63, 3.8) is 0 Å². The molecule has 2 aliphatic rings. The third-order valence-electron chi connectivity index (χ3n) is 2.12. The fraction of sp³-hybridized carbons (Fsp3) is 0.667. The Hall–Kier alpha value is -0.990. The van der Waals surface area contributed by atoms with E-state index in [-0.39, 0.29) is 5.97 Å². The van der Waals surface area contributed by atoms with E-state index in [9.17, 15) is 4.79 Å². The first-order chi connectivity index (χ1) is 5.58. The molecule has 0 atom stereocenters. The van der Waals surface area contributed by atoms with E-state index in [1.54, 1.807) is 13.8 Å². The second-order valence-corrected chi connectivity index (χ2v) is 3.65. The molecule has 0 aromatic rings. The van der Waals surface area contributed by atoms with Crippen molar-refractivity contribution in [3.8, 4) is 0 Å². The van der Waals surface area contributed by atoms with Crippen molar-refractivity contribution in [2.45, 2.75) is 38.9 Å². The summed E-state index contributed by atoms with van der Waals surface area (Å²) in [6, 6.07) is 0. The summed E-state index contributed by atoms with van der Waals surface area (Å²) in [4.78, 5) is 11.3. The van der Waals surface area contributed by atoms with Crippen LogP contribution >= 0.6 is 0 Å². The van der Waals surface area contributed by atoms with Crippen molar-refractivity contribution in [1.82, 2.24) is 0 Å². The maximum atomic E-state index is 11.3. The Morgan fingerprint density at radius 1 is 1.25 bits per heavy atom. The molecule has 66 valence electrons. The highest BCUT2D eigenvalue weighted by Gasteiger charge is 2.37. The molecule has 0 aromatic heterocycles. The monoisotopic (exact) mass is 168 g/mol.